The van der Waals surface area contributed by atoms with Gasteiger partial charge in [-0.25, -0.2) is 0 Å². The molecule has 3 nitrogen and oxygen atoms in total. The molecular formula is C17H33N3. The van der Waals surface area contributed by atoms with Crippen LogP contribution in [-0.4, -0.2) is 54.1 Å². The largest absolute Gasteiger partial charge is 0.324 e. The summed E-state index contributed by atoms with van der Waals surface area (Å²) in [4.78, 5) is 5.39. The van der Waals surface area contributed by atoms with E-state index in [0.29, 0.717) is 0 Å². The van der Waals surface area contributed by atoms with Crippen LogP contribution in [0.4, 0.5) is 0 Å². The highest BCUT2D eigenvalue weighted by Gasteiger charge is 2.34. The molecule has 3 rings (SSSR count). The van der Waals surface area contributed by atoms with Crippen molar-refractivity contribution in [2.75, 3.05) is 32.7 Å². The molecule has 0 spiro atoms. The molecule has 2 unspecified atom stereocenters. The van der Waals surface area contributed by atoms with Gasteiger partial charge in [0.2, 0.25) is 0 Å². The van der Waals surface area contributed by atoms with Gasteiger partial charge in [0.05, 0.1) is 0 Å². The number of hydrogen-bond donors (Lipinski definition) is 1. The summed E-state index contributed by atoms with van der Waals surface area (Å²) >= 11 is 0. The maximum absolute atomic E-state index is 6.68. The molecule has 2 aliphatic carbocycles. The molecule has 0 amide bonds. The van der Waals surface area contributed by atoms with Gasteiger partial charge in [-0.2, -0.15) is 0 Å². The molecule has 0 aromatic carbocycles. The van der Waals surface area contributed by atoms with E-state index in [1.807, 2.05) is 0 Å². The van der Waals surface area contributed by atoms with E-state index in [1.165, 1.54) is 77.5 Å². The molecule has 0 radical (unpaired) electrons. The molecule has 0 bridgehead atoms. The van der Waals surface area contributed by atoms with Crippen LogP contribution in [0, 0.1) is 5.92 Å². The van der Waals surface area contributed by atoms with Crippen LogP contribution in [0.25, 0.3) is 0 Å². The minimum Gasteiger partial charge on any atom is -0.324 e. The molecule has 116 valence electrons. The first-order valence-electron chi connectivity index (χ1n) is 8.90. The minimum absolute atomic E-state index is 0.104. The zero-order chi connectivity index (χ0) is 14.0. The first-order valence-corrected chi connectivity index (χ1v) is 8.90. The lowest BCUT2D eigenvalue weighted by atomic mass is 9.76. The van der Waals surface area contributed by atoms with Crippen LogP contribution in [0.5, 0.6) is 0 Å². The van der Waals surface area contributed by atoms with Crippen molar-refractivity contribution in [3.8, 4) is 0 Å². The monoisotopic (exact) mass is 279 g/mol. The van der Waals surface area contributed by atoms with E-state index >= 15 is 0 Å². The molecule has 3 fully saturated rings. The van der Waals surface area contributed by atoms with Gasteiger partial charge in [-0.05, 0) is 31.6 Å². The molecular weight excluding hydrogens is 246 g/mol. The fourth-order valence-electron chi connectivity index (χ4n) is 4.85. The Hall–Kier alpha value is -0.120. The molecule has 2 saturated carbocycles. The van der Waals surface area contributed by atoms with Gasteiger partial charge in [0.15, 0.2) is 0 Å². The van der Waals surface area contributed by atoms with Crippen LogP contribution < -0.4 is 5.73 Å². The molecule has 3 aliphatic rings. The Morgan fingerprint density at radius 1 is 1.00 bits per heavy atom. The highest BCUT2D eigenvalue weighted by molar-refractivity contribution is 4.93. The van der Waals surface area contributed by atoms with Crippen LogP contribution in [-0.2, 0) is 0 Å². The predicted molar refractivity (Wildman–Crippen MR) is 84.8 cm³/mol. The third-order valence-corrected chi connectivity index (χ3v) is 5.91. The van der Waals surface area contributed by atoms with Gasteiger partial charge in [-0.3, -0.25) is 9.80 Å². The van der Waals surface area contributed by atoms with Gasteiger partial charge in [0, 0.05) is 44.3 Å². The average Bonchev–Trinajstić information content (AvgIpc) is 2.92. The summed E-state index contributed by atoms with van der Waals surface area (Å²) in [5, 5.41) is 0. The van der Waals surface area contributed by atoms with Crippen molar-refractivity contribution in [1.82, 2.24) is 9.80 Å². The molecule has 1 saturated heterocycles. The Bertz CT molecular complexity index is 305. The Morgan fingerprint density at radius 2 is 1.70 bits per heavy atom. The van der Waals surface area contributed by atoms with Crippen LogP contribution in [0.15, 0.2) is 0 Å². The molecule has 20 heavy (non-hydrogen) atoms. The van der Waals surface area contributed by atoms with E-state index in [1.54, 1.807) is 0 Å². The summed E-state index contributed by atoms with van der Waals surface area (Å²) in [6.45, 7) is 8.54. The Kier molecular flexibility index (Phi) is 4.68. The zero-order valence-electron chi connectivity index (χ0n) is 13.3. The Balaban J connectivity index is 1.46. The van der Waals surface area contributed by atoms with Crippen molar-refractivity contribution in [3.05, 3.63) is 0 Å². The van der Waals surface area contributed by atoms with Crippen molar-refractivity contribution in [2.45, 2.75) is 69.9 Å². The summed E-state index contributed by atoms with van der Waals surface area (Å²) in [6.07, 6.45) is 11.0. The number of hydrogen-bond acceptors (Lipinski definition) is 3. The van der Waals surface area contributed by atoms with Gasteiger partial charge < -0.3 is 5.73 Å². The SMILES string of the molecule is CC1CCCC(N)(CN2CCN(C3CCCC3)CC2)C1. The van der Waals surface area contributed by atoms with Crippen molar-refractivity contribution < 1.29 is 0 Å². The molecule has 2 atom stereocenters. The second-order valence-corrected chi connectivity index (χ2v) is 7.81. The van der Waals surface area contributed by atoms with Gasteiger partial charge in [-0.1, -0.05) is 32.6 Å². The lowest BCUT2D eigenvalue weighted by molar-refractivity contribution is 0.0702. The number of rotatable bonds is 3. The predicted octanol–water partition coefficient (Wildman–Crippen LogP) is 2.45. The third kappa shape index (κ3) is 3.55. The Morgan fingerprint density at radius 3 is 2.35 bits per heavy atom. The van der Waals surface area contributed by atoms with Gasteiger partial charge in [0.25, 0.3) is 0 Å². The minimum atomic E-state index is 0.104. The summed E-state index contributed by atoms with van der Waals surface area (Å²) < 4.78 is 0. The van der Waals surface area contributed by atoms with E-state index in [9.17, 15) is 0 Å². The molecule has 2 N–H and O–H groups in total. The molecule has 0 aromatic rings. The van der Waals surface area contributed by atoms with Crippen molar-refractivity contribution in [2.24, 2.45) is 11.7 Å². The maximum Gasteiger partial charge on any atom is 0.0285 e. The normalized spacial score (nSPS) is 38.4. The van der Waals surface area contributed by atoms with Crippen LogP contribution in [0.2, 0.25) is 0 Å². The summed E-state index contributed by atoms with van der Waals surface area (Å²) in [7, 11) is 0. The molecule has 1 heterocycles. The van der Waals surface area contributed by atoms with Crippen molar-refractivity contribution >= 4 is 0 Å². The van der Waals surface area contributed by atoms with E-state index in [2.05, 4.69) is 16.7 Å². The average molecular weight is 279 g/mol. The maximum atomic E-state index is 6.68. The fraction of sp³-hybridized carbons (Fsp3) is 1.00. The second kappa shape index (κ2) is 6.33. The highest BCUT2D eigenvalue weighted by atomic mass is 15.3. The third-order valence-electron chi connectivity index (χ3n) is 5.91. The van der Waals surface area contributed by atoms with E-state index in [4.69, 9.17) is 5.73 Å². The first-order chi connectivity index (χ1) is 9.65. The van der Waals surface area contributed by atoms with E-state index in [0.717, 1.165) is 18.5 Å². The van der Waals surface area contributed by atoms with Gasteiger partial charge in [0.1, 0.15) is 0 Å². The van der Waals surface area contributed by atoms with E-state index < -0.39 is 0 Å². The smallest absolute Gasteiger partial charge is 0.0285 e. The fourth-order valence-corrected chi connectivity index (χ4v) is 4.85. The quantitative estimate of drug-likeness (QED) is 0.861. The lowest BCUT2D eigenvalue weighted by Gasteiger charge is -2.44. The van der Waals surface area contributed by atoms with Gasteiger partial charge >= 0.3 is 0 Å². The second-order valence-electron chi connectivity index (χ2n) is 7.81. The molecule has 3 heteroatoms. The molecule has 1 aliphatic heterocycles. The standard InChI is InChI=1S/C17H33N3/c1-15-5-4-8-17(18,13-15)14-19-9-11-20(12-10-19)16-6-2-3-7-16/h15-16H,2-14,18H2,1H3. The molecule has 0 aromatic heterocycles. The summed E-state index contributed by atoms with van der Waals surface area (Å²) in [5.41, 5.74) is 6.79. The number of nitrogens with zero attached hydrogens (tertiary/aromatic N) is 2. The Labute approximate surface area is 124 Å². The van der Waals surface area contributed by atoms with Crippen molar-refractivity contribution in [1.29, 1.82) is 0 Å². The topological polar surface area (TPSA) is 32.5 Å². The van der Waals surface area contributed by atoms with Gasteiger partial charge in [-0.15, -0.1) is 0 Å². The van der Waals surface area contributed by atoms with Crippen LogP contribution in [0.1, 0.15) is 58.3 Å². The van der Waals surface area contributed by atoms with E-state index in [-0.39, 0.29) is 5.54 Å². The van der Waals surface area contributed by atoms with Crippen LogP contribution >= 0.6 is 0 Å². The number of piperazine rings is 1. The highest BCUT2D eigenvalue weighted by Crippen LogP contribution is 2.31. The van der Waals surface area contributed by atoms with Crippen molar-refractivity contribution in [3.63, 3.8) is 0 Å². The van der Waals surface area contributed by atoms with Crippen LogP contribution in [0.3, 0.4) is 0 Å². The zero-order valence-corrected chi connectivity index (χ0v) is 13.3. The first kappa shape index (κ1) is 14.8. The summed E-state index contributed by atoms with van der Waals surface area (Å²) in [6, 6.07) is 0.902. The number of nitrogens with two attached hydrogens (primary N) is 1. The summed E-state index contributed by atoms with van der Waals surface area (Å²) in [5.74, 6) is 0.827. The lowest BCUT2D eigenvalue weighted by Crippen LogP contribution is -2.57.